The predicted octanol–water partition coefficient (Wildman–Crippen LogP) is 5.07. The average Bonchev–Trinajstić information content (AvgIpc) is 3.08. The van der Waals surface area contributed by atoms with E-state index in [1.165, 1.54) is 21.0 Å². The van der Waals surface area contributed by atoms with Crippen molar-refractivity contribution in [3.8, 4) is 5.75 Å². The number of carbonyl (C=O) groups excluding carboxylic acids is 2. The van der Waals surface area contributed by atoms with Crippen LogP contribution in [0.25, 0.3) is 10.8 Å². The van der Waals surface area contributed by atoms with Gasteiger partial charge in [0, 0.05) is 28.3 Å². The van der Waals surface area contributed by atoms with Crippen molar-refractivity contribution in [1.82, 2.24) is 9.78 Å². The average molecular weight is 417 g/mol. The molecule has 6 nitrogen and oxygen atoms in total. The van der Waals surface area contributed by atoms with Crippen LogP contribution in [0.2, 0.25) is 0 Å². The minimum absolute atomic E-state index is 0. The number of hydrogen-bond acceptors (Lipinski definition) is 6. The number of ketones is 1. The number of aryl methyl sites for hydroxylation is 1. The van der Waals surface area contributed by atoms with Crippen molar-refractivity contribution in [2.24, 2.45) is 0 Å². The van der Waals surface area contributed by atoms with E-state index < -0.39 is 5.97 Å². The number of esters is 1. The Morgan fingerprint density at radius 2 is 1.83 bits per heavy atom. The highest BCUT2D eigenvalue weighted by Gasteiger charge is 2.14. The zero-order chi connectivity index (χ0) is 20.7. The lowest BCUT2D eigenvalue weighted by Crippen LogP contribution is -2.05. The molecule has 0 unspecified atom stereocenters. The Bertz CT molecular complexity index is 978. The van der Waals surface area contributed by atoms with Crippen molar-refractivity contribution >= 4 is 34.3 Å². The lowest BCUT2D eigenvalue weighted by Gasteiger charge is -2.07. The molecule has 0 atom stereocenters. The molecule has 0 aliphatic carbocycles. The summed E-state index contributed by atoms with van der Waals surface area (Å²) >= 11 is 1.59. The van der Waals surface area contributed by atoms with Crippen LogP contribution in [-0.2, 0) is 21.8 Å². The maximum atomic E-state index is 11.6. The number of methoxy groups -OCH3 is 1. The molecule has 0 fully saturated rings. The summed E-state index contributed by atoms with van der Waals surface area (Å²) in [6, 6.07) is 13.3. The summed E-state index contributed by atoms with van der Waals surface area (Å²) in [6.07, 6.45) is 0. The number of rotatable bonds is 5. The van der Waals surface area contributed by atoms with Crippen LogP contribution in [-0.4, -0.2) is 33.7 Å². The quantitative estimate of drug-likeness (QED) is 0.462. The van der Waals surface area contributed by atoms with Gasteiger partial charge in [0.15, 0.2) is 5.69 Å². The standard InChI is InChI=1S/C18H18N2O3S.C3H6O.CH4/c1-3-20-13(9-16(19-20)18(22)23-2)11-24-14-8-12-6-4-5-7-15(12)17(21)10-14;1-3(2)4;/h4-10,21H,3,11H2,1-2H3;1-2H3;1H4. The molecule has 0 spiro atoms. The van der Waals surface area contributed by atoms with E-state index in [0.29, 0.717) is 18.0 Å². The molecule has 0 bridgehead atoms. The lowest BCUT2D eigenvalue weighted by atomic mass is 10.1. The summed E-state index contributed by atoms with van der Waals surface area (Å²) in [6.45, 7) is 5.71. The van der Waals surface area contributed by atoms with Gasteiger partial charge in [-0.1, -0.05) is 31.7 Å². The van der Waals surface area contributed by atoms with E-state index in [1.807, 2.05) is 37.3 Å². The first-order chi connectivity index (χ1) is 13.3. The van der Waals surface area contributed by atoms with Gasteiger partial charge in [0.05, 0.1) is 7.11 Å². The predicted molar refractivity (Wildman–Crippen MR) is 118 cm³/mol. The van der Waals surface area contributed by atoms with Crippen LogP contribution in [0, 0.1) is 0 Å². The lowest BCUT2D eigenvalue weighted by molar-refractivity contribution is -0.115. The number of ether oxygens (including phenoxy) is 1. The van der Waals surface area contributed by atoms with Crippen LogP contribution in [0.4, 0.5) is 0 Å². The highest BCUT2D eigenvalue weighted by atomic mass is 32.2. The first-order valence-corrected chi connectivity index (χ1v) is 9.81. The van der Waals surface area contributed by atoms with Gasteiger partial charge in [0.2, 0.25) is 0 Å². The zero-order valence-electron chi connectivity index (χ0n) is 16.4. The first kappa shape index (κ1) is 24.2. The highest BCUT2D eigenvalue weighted by molar-refractivity contribution is 7.98. The third-order valence-electron chi connectivity index (χ3n) is 3.76. The number of benzene rings is 2. The van der Waals surface area contributed by atoms with Gasteiger partial charge in [-0.3, -0.25) is 4.68 Å². The third kappa shape index (κ3) is 6.64. The monoisotopic (exact) mass is 416 g/mol. The van der Waals surface area contributed by atoms with Gasteiger partial charge in [-0.15, -0.1) is 11.8 Å². The smallest absolute Gasteiger partial charge is 0.358 e. The molecular formula is C22H28N2O4S. The largest absolute Gasteiger partial charge is 0.507 e. The van der Waals surface area contributed by atoms with Crippen molar-refractivity contribution < 1.29 is 19.4 Å². The molecule has 7 heteroatoms. The molecule has 0 saturated carbocycles. The number of aromatic hydroxyl groups is 1. The molecule has 1 heterocycles. The molecule has 0 amide bonds. The summed E-state index contributed by atoms with van der Waals surface area (Å²) in [5.41, 5.74) is 1.26. The van der Waals surface area contributed by atoms with Gasteiger partial charge in [-0.25, -0.2) is 4.79 Å². The first-order valence-electron chi connectivity index (χ1n) is 8.82. The highest BCUT2D eigenvalue weighted by Crippen LogP contribution is 2.32. The molecule has 3 aromatic rings. The summed E-state index contributed by atoms with van der Waals surface area (Å²) in [4.78, 5) is 22.0. The second kappa shape index (κ2) is 11.3. The SMILES string of the molecule is C.CC(C)=O.CCn1nc(C(=O)OC)cc1CSc1cc(O)c2ccccc2c1. The van der Waals surface area contributed by atoms with Crippen molar-refractivity contribution in [3.05, 3.63) is 53.9 Å². The number of hydrogen-bond donors (Lipinski definition) is 1. The van der Waals surface area contributed by atoms with Crippen molar-refractivity contribution in [2.75, 3.05) is 7.11 Å². The fourth-order valence-electron chi connectivity index (χ4n) is 2.55. The Hall–Kier alpha value is -2.80. The second-order valence-electron chi connectivity index (χ2n) is 6.19. The summed E-state index contributed by atoms with van der Waals surface area (Å²) in [5.74, 6) is 0.655. The fraction of sp³-hybridized carbons (Fsp3) is 0.318. The number of nitrogens with zero attached hydrogens (tertiary/aromatic N) is 2. The number of phenolic OH excluding ortho intramolecular Hbond substituents is 1. The van der Waals surface area contributed by atoms with Gasteiger partial charge in [-0.2, -0.15) is 5.10 Å². The normalized spacial score (nSPS) is 9.93. The summed E-state index contributed by atoms with van der Waals surface area (Å²) in [7, 11) is 1.35. The van der Waals surface area contributed by atoms with Gasteiger partial charge >= 0.3 is 5.97 Å². The number of fused-ring (bicyclic) bond motifs is 1. The number of aromatic nitrogens is 2. The zero-order valence-corrected chi connectivity index (χ0v) is 17.2. The minimum Gasteiger partial charge on any atom is -0.507 e. The van der Waals surface area contributed by atoms with Crippen LogP contribution in [0.5, 0.6) is 5.75 Å². The maximum Gasteiger partial charge on any atom is 0.358 e. The van der Waals surface area contributed by atoms with Gasteiger partial charge in [0.1, 0.15) is 11.5 Å². The van der Waals surface area contributed by atoms with Crippen LogP contribution in [0.15, 0.2) is 47.4 Å². The van der Waals surface area contributed by atoms with Crippen molar-refractivity contribution in [2.45, 2.75) is 45.4 Å². The third-order valence-corrected chi connectivity index (χ3v) is 4.77. The van der Waals surface area contributed by atoms with E-state index in [0.717, 1.165) is 21.4 Å². The Balaban J connectivity index is 0.000000771. The molecule has 1 N–H and O–H groups in total. The number of carbonyl (C=O) groups is 2. The molecule has 0 aliphatic heterocycles. The minimum atomic E-state index is -0.434. The molecule has 0 saturated heterocycles. The maximum absolute atomic E-state index is 11.6. The molecule has 29 heavy (non-hydrogen) atoms. The molecule has 156 valence electrons. The van der Waals surface area contributed by atoms with Gasteiger partial charge in [0.25, 0.3) is 0 Å². The Morgan fingerprint density at radius 3 is 2.45 bits per heavy atom. The molecule has 3 rings (SSSR count). The Morgan fingerprint density at radius 1 is 1.17 bits per heavy atom. The number of thioether (sulfide) groups is 1. The summed E-state index contributed by atoms with van der Waals surface area (Å²) < 4.78 is 6.51. The second-order valence-corrected chi connectivity index (χ2v) is 7.24. The Labute approximate surface area is 175 Å². The molecule has 0 radical (unpaired) electrons. The molecule has 1 aromatic heterocycles. The van der Waals surface area contributed by atoms with Gasteiger partial charge < -0.3 is 14.6 Å². The summed E-state index contributed by atoms with van der Waals surface area (Å²) in [5, 5.41) is 16.3. The van der Waals surface area contributed by atoms with Crippen molar-refractivity contribution in [1.29, 1.82) is 0 Å². The van der Waals surface area contributed by atoms with E-state index in [4.69, 9.17) is 4.74 Å². The van der Waals surface area contributed by atoms with E-state index in [2.05, 4.69) is 5.10 Å². The molecule has 2 aromatic carbocycles. The topological polar surface area (TPSA) is 81.4 Å². The van der Waals surface area contributed by atoms with E-state index in [9.17, 15) is 14.7 Å². The fourth-order valence-corrected chi connectivity index (χ4v) is 3.51. The van der Waals surface area contributed by atoms with E-state index in [-0.39, 0.29) is 19.0 Å². The van der Waals surface area contributed by atoms with Crippen LogP contribution < -0.4 is 0 Å². The number of phenols is 1. The molecule has 0 aliphatic rings. The van der Waals surface area contributed by atoms with E-state index >= 15 is 0 Å². The molecular weight excluding hydrogens is 388 g/mol. The van der Waals surface area contributed by atoms with Crippen LogP contribution in [0.3, 0.4) is 0 Å². The van der Waals surface area contributed by atoms with Crippen LogP contribution in [0.1, 0.15) is 44.4 Å². The van der Waals surface area contributed by atoms with Crippen LogP contribution >= 0.6 is 11.8 Å². The number of Topliss-reactive ketones (excluding diaryl/α,β-unsaturated/α-hetero) is 1. The van der Waals surface area contributed by atoms with Crippen molar-refractivity contribution in [3.63, 3.8) is 0 Å². The van der Waals surface area contributed by atoms with Gasteiger partial charge in [-0.05, 0) is 44.4 Å². The Kier molecular flexibility index (Phi) is 9.41. The van der Waals surface area contributed by atoms with E-state index in [1.54, 1.807) is 28.6 Å².